The van der Waals surface area contributed by atoms with Crippen LogP contribution in [0.3, 0.4) is 0 Å². The second-order valence-corrected chi connectivity index (χ2v) is 13.0. The summed E-state index contributed by atoms with van der Waals surface area (Å²) in [6, 6.07) is 10.9. The van der Waals surface area contributed by atoms with Gasteiger partial charge in [-0.1, -0.05) is 51.4 Å². The van der Waals surface area contributed by atoms with E-state index in [0.717, 1.165) is 22.6 Å². The maximum absolute atomic E-state index is 13.9. The monoisotopic (exact) mass is 532 g/mol. The molecule has 2 aromatic carbocycles. The number of hydrogen-bond acceptors (Lipinski definition) is 5. The van der Waals surface area contributed by atoms with Gasteiger partial charge in [0.15, 0.2) is 11.6 Å². The number of halogens is 1. The number of carbonyl (C=O) groups excluding carboxylic acids is 2. The molecule has 1 heterocycles. The van der Waals surface area contributed by atoms with Gasteiger partial charge in [0.2, 0.25) is 0 Å². The standard InChI is InChI=1S/C31H33ClN2O4/c1-17-7-9-20(11-18(17)2)33-23-13-30(3,4)15-25(35)28(23)27(19-8-10-21(32)22(12-19)34(37)38)29-24(33)14-31(5,6)16-26(29)36/h7-12,27H,13-16H2,1-6H3. The molecule has 5 rings (SSSR count). The normalized spacial score (nSPS) is 21.0. The number of benzene rings is 2. The van der Waals surface area contributed by atoms with Crippen molar-refractivity contribution in [2.45, 2.75) is 73.1 Å². The highest BCUT2D eigenvalue weighted by Crippen LogP contribution is 2.55. The number of nitro groups is 1. The minimum absolute atomic E-state index is 0.0168. The Bertz CT molecular complexity index is 1430. The maximum Gasteiger partial charge on any atom is 0.288 e. The molecular weight excluding hydrogens is 500 g/mol. The Morgan fingerprint density at radius 3 is 1.89 bits per heavy atom. The molecule has 0 aromatic heterocycles. The zero-order valence-electron chi connectivity index (χ0n) is 22.8. The van der Waals surface area contributed by atoms with Gasteiger partial charge in [0, 0.05) is 53.1 Å². The molecule has 0 saturated carbocycles. The van der Waals surface area contributed by atoms with Crippen molar-refractivity contribution < 1.29 is 14.5 Å². The van der Waals surface area contributed by atoms with E-state index in [1.54, 1.807) is 6.07 Å². The van der Waals surface area contributed by atoms with Crippen LogP contribution in [0.25, 0.3) is 0 Å². The fourth-order valence-corrected chi connectivity index (χ4v) is 6.51. The minimum atomic E-state index is -0.661. The molecule has 0 unspecified atom stereocenters. The summed E-state index contributed by atoms with van der Waals surface area (Å²) in [6.45, 7) is 12.5. The Balaban J connectivity index is 1.85. The van der Waals surface area contributed by atoms with Gasteiger partial charge in [0.05, 0.1) is 4.92 Å². The quantitative estimate of drug-likeness (QED) is 0.298. The molecular formula is C31H33ClN2O4. The summed E-state index contributed by atoms with van der Waals surface area (Å²) < 4.78 is 0. The van der Waals surface area contributed by atoms with Crippen molar-refractivity contribution in [3.63, 3.8) is 0 Å². The summed E-state index contributed by atoms with van der Waals surface area (Å²) in [5.74, 6) is -0.695. The van der Waals surface area contributed by atoms with Gasteiger partial charge < -0.3 is 4.90 Å². The Kier molecular flexibility index (Phi) is 6.18. The van der Waals surface area contributed by atoms with Crippen molar-refractivity contribution in [3.8, 4) is 0 Å². The van der Waals surface area contributed by atoms with E-state index < -0.39 is 10.8 Å². The number of rotatable bonds is 3. The van der Waals surface area contributed by atoms with E-state index in [2.05, 4.69) is 64.6 Å². The van der Waals surface area contributed by atoms with E-state index in [1.807, 2.05) is 0 Å². The molecule has 3 aliphatic rings. The fourth-order valence-electron chi connectivity index (χ4n) is 6.32. The van der Waals surface area contributed by atoms with Crippen LogP contribution >= 0.6 is 11.6 Å². The lowest BCUT2D eigenvalue weighted by molar-refractivity contribution is -0.384. The average Bonchev–Trinajstić information content (AvgIpc) is 2.78. The Morgan fingerprint density at radius 1 is 0.842 bits per heavy atom. The number of ketones is 2. The zero-order valence-corrected chi connectivity index (χ0v) is 23.5. The van der Waals surface area contributed by atoms with Crippen LogP contribution in [0, 0.1) is 34.8 Å². The highest BCUT2D eigenvalue weighted by Gasteiger charge is 2.49. The SMILES string of the molecule is Cc1ccc(N2C3=C(C(=O)CC(C)(C)C3)C(c3ccc(Cl)c([N+](=O)[O-])c3)C3=C2CC(C)(C)CC3=O)cc1C. The van der Waals surface area contributed by atoms with Gasteiger partial charge in [-0.05, 0) is 72.4 Å². The van der Waals surface area contributed by atoms with Gasteiger partial charge in [0.25, 0.3) is 5.69 Å². The summed E-state index contributed by atoms with van der Waals surface area (Å²) in [5.41, 5.74) is 5.96. The first-order chi connectivity index (χ1) is 17.7. The third-order valence-corrected chi connectivity index (χ3v) is 8.48. The zero-order chi connectivity index (χ0) is 27.7. The molecule has 0 N–H and O–H groups in total. The predicted molar refractivity (Wildman–Crippen MR) is 149 cm³/mol. The molecule has 0 amide bonds. The van der Waals surface area contributed by atoms with Crippen LogP contribution in [0.1, 0.15) is 76.0 Å². The van der Waals surface area contributed by atoms with Crippen LogP contribution in [0.15, 0.2) is 58.9 Å². The molecule has 1 aliphatic heterocycles. The van der Waals surface area contributed by atoms with E-state index in [9.17, 15) is 19.7 Å². The summed E-state index contributed by atoms with van der Waals surface area (Å²) in [7, 11) is 0. The number of hydrogen-bond donors (Lipinski definition) is 0. The second-order valence-electron chi connectivity index (χ2n) is 12.6. The molecule has 38 heavy (non-hydrogen) atoms. The van der Waals surface area contributed by atoms with Gasteiger partial charge in [0.1, 0.15) is 5.02 Å². The smallest absolute Gasteiger partial charge is 0.288 e. The van der Waals surface area contributed by atoms with Gasteiger partial charge in [-0.2, -0.15) is 0 Å². The maximum atomic E-state index is 13.9. The molecule has 0 spiro atoms. The van der Waals surface area contributed by atoms with Crippen molar-refractivity contribution in [3.05, 3.63) is 90.8 Å². The summed E-state index contributed by atoms with van der Waals surface area (Å²) in [4.78, 5) is 41.3. The second kappa shape index (κ2) is 8.91. The molecule has 198 valence electrons. The van der Waals surface area contributed by atoms with E-state index in [-0.39, 0.29) is 33.1 Å². The van der Waals surface area contributed by atoms with Crippen LogP contribution in [0.5, 0.6) is 0 Å². The van der Waals surface area contributed by atoms with Gasteiger partial charge in [-0.25, -0.2) is 0 Å². The largest absolute Gasteiger partial charge is 0.317 e. The third-order valence-electron chi connectivity index (χ3n) is 8.16. The molecule has 0 fully saturated rings. The van der Waals surface area contributed by atoms with Crippen LogP contribution in [0.4, 0.5) is 11.4 Å². The van der Waals surface area contributed by atoms with E-state index in [1.165, 1.54) is 17.7 Å². The van der Waals surface area contributed by atoms with Crippen LogP contribution in [-0.2, 0) is 9.59 Å². The average molecular weight is 533 g/mol. The van der Waals surface area contributed by atoms with E-state index in [4.69, 9.17) is 11.6 Å². The first kappa shape index (κ1) is 26.4. The molecule has 2 aliphatic carbocycles. The van der Waals surface area contributed by atoms with Crippen LogP contribution in [-0.4, -0.2) is 16.5 Å². The highest BCUT2D eigenvalue weighted by molar-refractivity contribution is 6.32. The van der Waals surface area contributed by atoms with Crippen molar-refractivity contribution in [2.75, 3.05) is 4.90 Å². The first-order valence-corrected chi connectivity index (χ1v) is 13.4. The van der Waals surface area contributed by atoms with Gasteiger partial charge >= 0.3 is 0 Å². The van der Waals surface area contributed by atoms with Crippen molar-refractivity contribution in [1.29, 1.82) is 0 Å². The first-order valence-electron chi connectivity index (χ1n) is 13.0. The lowest BCUT2D eigenvalue weighted by Gasteiger charge is -2.49. The molecule has 0 atom stereocenters. The van der Waals surface area contributed by atoms with Crippen molar-refractivity contribution in [2.24, 2.45) is 10.8 Å². The minimum Gasteiger partial charge on any atom is -0.317 e. The number of aryl methyl sites for hydroxylation is 2. The van der Waals surface area contributed by atoms with Gasteiger partial charge in [-0.3, -0.25) is 19.7 Å². The Hall–Kier alpha value is -3.25. The van der Waals surface area contributed by atoms with Gasteiger partial charge in [-0.15, -0.1) is 0 Å². The Labute approximate surface area is 228 Å². The molecule has 0 saturated heterocycles. The molecule has 6 nitrogen and oxygen atoms in total. The van der Waals surface area contributed by atoms with Crippen molar-refractivity contribution >= 4 is 34.5 Å². The number of nitrogens with zero attached hydrogens (tertiary/aromatic N) is 2. The summed E-state index contributed by atoms with van der Waals surface area (Å²) >= 11 is 6.16. The predicted octanol–water partition coefficient (Wildman–Crippen LogP) is 7.76. The van der Waals surface area contributed by atoms with E-state index in [0.29, 0.717) is 42.4 Å². The fraction of sp³-hybridized carbons (Fsp3) is 0.419. The number of carbonyl (C=O) groups is 2. The topological polar surface area (TPSA) is 80.5 Å². The van der Waals surface area contributed by atoms with Crippen LogP contribution < -0.4 is 4.90 Å². The third kappa shape index (κ3) is 4.39. The lowest BCUT2D eigenvalue weighted by atomic mass is 9.63. The van der Waals surface area contributed by atoms with E-state index >= 15 is 0 Å². The molecule has 7 heteroatoms. The summed E-state index contributed by atoms with van der Waals surface area (Å²) in [5, 5.41) is 11.8. The van der Waals surface area contributed by atoms with Crippen LogP contribution in [0.2, 0.25) is 5.02 Å². The number of Topliss-reactive ketones (excluding diaryl/α,β-unsaturated/α-hetero) is 2. The number of allylic oxidation sites excluding steroid dienone is 4. The molecule has 0 radical (unpaired) electrons. The summed E-state index contributed by atoms with van der Waals surface area (Å²) in [6.07, 6.45) is 2.00. The lowest BCUT2D eigenvalue weighted by Crippen LogP contribution is -2.44. The Morgan fingerprint density at radius 2 is 1.39 bits per heavy atom. The highest BCUT2D eigenvalue weighted by atomic mass is 35.5. The number of nitro benzene ring substituents is 1. The number of anilines is 1. The molecule has 0 bridgehead atoms. The molecule has 2 aromatic rings. The van der Waals surface area contributed by atoms with Crippen molar-refractivity contribution in [1.82, 2.24) is 0 Å².